The van der Waals surface area contributed by atoms with Gasteiger partial charge in [-0.1, -0.05) is 30.3 Å². The van der Waals surface area contributed by atoms with Gasteiger partial charge in [0.05, 0.1) is 12.3 Å². The molecular formula is C32H43N5O7S2. The van der Waals surface area contributed by atoms with Gasteiger partial charge in [0.15, 0.2) is 6.04 Å². The predicted octanol–water partition coefficient (Wildman–Crippen LogP) is 1.76. The van der Waals surface area contributed by atoms with Gasteiger partial charge in [-0.25, -0.2) is 9.79 Å². The van der Waals surface area contributed by atoms with Crippen LogP contribution in [0.15, 0.2) is 47.5 Å². The van der Waals surface area contributed by atoms with Gasteiger partial charge in [-0.05, 0) is 82.3 Å². The molecule has 0 spiro atoms. The Morgan fingerprint density at radius 3 is 1.96 bits per heavy atom. The summed E-state index contributed by atoms with van der Waals surface area (Å²) in [6.07, 6.45) is 0.440. The number of hydrogen-bond donors (Lipinski definition) is 7. The molecule has 4 atom stereocenters. The van der Waals surface area contributed by atoms with E-state index in [2.05, 4.69) is 35.6 Å². The van der Waals surface area contributed by atoms with Gasteiger partial charge in [-0.3, -0.25) is 24.1 Å². The highest BCUT2D eigenvalue weighted by atomic mass is 32.1. The third kappa shape index (κ3) is 10.4. The highest BCUT2D eigenvalue weighted by Gasteiger charge is 2.46. The number of nitrogens with one attached hydrogen (secondary N) is 1. The average Bonchev–Trinajstić information content (AvgIpc) is 2.93. The number of amides is 4. The second-order valence-corrected chi connectivity index (χ2v) is 14.6. The van der Waals surface area contributed by atoms with Crippen LogP contribution in [0.2, 0.25) is 0 Å². The van der Waals surface area contributed by atoms with E-state index in [1.165, 1.54) is 26.0 Å². The van der Waals surface area contributed by atoms with E-state index in [1.807, 2.05) is 0 Å². The van der Waals surface area contributed by atoms with Gasteiger partial charge in [-0.15, -0.1) is 0 Å². The summed E-state index contributed by atoms with van der Waals surface area (Å²) in [4.78, 5) is 70.5. The topological polar surface area (TPSA) is 205 Å². The number of aliphatic imine (C=N–C) groups is 1. The molecule has 250 valence electrons. The smallest absolute Gasteiger partial charge is 0.328 e. The number of carboxylic acids is 1. The Balaban J connectivity index is 2.57. The van der Waals surface area contributed by atoms with E-state index >= 15 is 0 Å². The van der Waals surface area contributed by atoms with Crippen LogP contribution in [0.1, 0.15) is 49.9 Å². The van der Waals surface area contributed by atoms with Crippen LogP contribution in [0.25, 0.3) is 0 Å². The zero-order valence-electron chi connectivity index (χ0n) is 26.7. The summed E-state index contributed by atoms with van der Waals surface area (Å²) in [6.45, 7) is 9.51. The first-order chi connectivity index (χ1) is 21.1. The van der Waals surface area contributed by atoms with Crippen molar-refractivity contribution in [3.05, 3.63) is 64.7 Å². The number of benzene rings is 2. The molecule has 2 rings (SSSR count). The Morgan fingerprint density at radius 2 is 1.48 bits per heavy atom. The SMILES string of the molecule is Cc1cc(O)cc(C)c1CC(N)C(=O)N(C(=O)C(Cc1ccccc1)NC(=O)C=NC(=O)C(N)C(C)(C)S)C(C(=O)O)C(C)(C)S. The fraction of sp³-hybridized carbons (Fsp3) is 0.438. The molecule has 0 fully saturated rings. The van der Waals surface area contributed by atoms with E-state index in [0.29, 0.717) is 33.4 Å². The molecule has 2 aromatic carbocycles. The zero-order valence-corrected chi connectivity index (χ0v) is 28.5. The average molecular weight is 674 g/mol. The Hall–Kier alpha value is -3.72. The van der Waals surface area contributed by atoms with Crippen molar-refractivity contribution in [2.45, 2.75) is 88.0 Å². The van der Waals surface area contributed by atoms with Gasteiger partial charge in [0, 0.05) is 15.9 Å². The number of imide groups is 1. The van der Waals surface area contributed by atoms with Crippen LogP contribution in [0.3, 0.4) is 0 Å². The first kappa shape index (κ1) is 38.5. The molecule has 12 nitrogen and oxygen atoms in total. The number of phenolic OH excluding ortho intramolecular Hbond substituents is 1. The fourth-order valence-corrected chi connectivity index (χ4v) is 5.14. The van der Waals surface area contributed by atoms with Crippen LogP contribution in [0, 0.1) is 13.8 Å². The maximum absolute atomic E-state index is 14.3. The van der Waals surface area contributed by atoms with Crippen molar-refractivity contribution < 1.29 is 34.2 Å². The van der Waals surface area contributed by atoms with Crippen molar-refractivity contribution in [3.63, 3.8) is 0 Å². The summed E-state index contributed by atoms with van der Waals surface area (Å²) in [5.41, 5.74) is 14.7. The number of carboxylic acid groups (broad SMARTS) is 1. The number of aliphatic carboxylic acids is 1. The largest absolute Gasteiger partial charge is 0.508 e. The summed E-state index contributed by atoms with van der Waals surface area (Å²) in [6, 6.07) is 5.72. The number of rotatable bonds is 13. The third-order valence-corrected chi connectivity index (χ3v) is 7.81. The van der Waals surface area contributed by atoms with Crippen LogP contribution in [0.5, 0.6) is 5.75 Å². The number of aryl methyl sites for hydroxylation is 2. The number of aromatic hydroxyl groups is 1. The minimum absolute atomic E-state index is 0.0271. The standard InChI is InChI=1S/C32H43N5O7S2/c1-17-12-20(38)13-18(2)21(17)15-22(33)28(41)37(26(30(43)44)32(5,6)46)29(42)23(14-19-10-8-7-9-11-19)36-24(39)16-35-27(40)25(34)31(3,4)45/h7-13,16,22-23,25-26,38,45-46H,14-15,33-34H2,1-6H3,(H,36,39)(H,43,44). The van der Waals surface area contributed by atoms with Crippen LogP contribution in [-0.4, -0.2) is 84.6 Å². The maximum Gasteiger partial charge on any atom is 0.328 e. The second kappa shape index (κ2) is 15.7. The quantitative estimate of drug-likeness (QED) is 0.122. The highest BCUT2D eigenvalue weighted by Crippen LogP contribution is 2.27. The van der Waals surface area contributed by atoms with Crippen molar-refractivity contribution in [1.29, 1.82) is 0 Å². The monoisotopic (exact) mass is 673 g/mol. The molecule has 2 aromatic rings. The molecule has 0 heterocycles. The van der Waals surface area contributed by atoms with Crippen molar-refractivity contribution in [1.82, 2.24) is 10.2 Å². The van der Waals surface area contributed by atoms with E-state index < -0.39 is 63.3 Å². The van der Waals surface area contributed by atoms with Crippen molar-refractivity contribution in [2.24, 2.45) is 16.5 Å². The van der Waals surface area contributed by atoms with Gasteiger partial charge in [0.2, 0.25) is 5.91 Å². The first-order valence-electron chi connectivity index (χ1n) is 14.4. The Labute approximate surface area is 279 Å². The van der Waals surface area contributed by atoms with Crippen molar-refractivity contribution in [3.8, 4) is 5.75 Å². The molecule has 0 saturated heterocycles. The molecular weight excluding hydrogens is 631 g/mol. The normalized spacial score (nSPS) is 14.7. The molecule has 0 bridgehead atoms. The van der Waals surface area contributed by atoms with Crippen LogP contribution in [-0.2, 0) is 36.8 Å². The molecule has 4 unspecified atom stereocenters. The first-order valence-corrected chi connectivity index (χ1v) is 15.3. The lowest BCUT2D eigenvalue weighted by Crippen LogP contribution is -2.64. The molecule has 14 heteroatoms. The van der Waals surface area contributed by atoms with E-state index in [-0.39, 0.29) is 18.6 Å². The number of carbonyl (C=O) groups is 5. The molecule has 0 saturated carbocycles. The van der Waals surface area contributed by atoms with Gasteiger partial charge < -0.3 is 27.0 Å². The Bertz CT molecular complexity index is 1460. The predicted molar refractivity (Wildman–Crippen MR) is 182 cm³/mol. The summed E-state index contributed by atoms with van der Waals surface area (Å²) < 4.78 is -2.38. The second-order valence-electron chi connectivity index (χ2n) is 12.3. The summed E-state index contributed by atoms with van der Waals surface area (Å²) in [5.74, 6) is -5.35. The number of hydrogen-bond acceptors (Lipinski definition) is 10. The molecule has 0 aromatic heterocycles. The van der Waals surface area contributed by atoms with Gasteiger partial charge in [0.1, 0.15) is 17.8 Å². The molecule has 0 aliphatic rings. The van der Waals surface area contributed by atoms with Crippen molar-refractivity contribution in [2.75, 3.05) is 0 Å². The Morgan fingerprint density at radius 1 is 0.935 bits per heavy atom. The summed E-state index contributed by atoms with van der Waals surface area (Å²) in [7, 11) is 0. The maximum atomic E-state index is 14.3. The lowest BCUT2D eigenvalue weighted by atomic mass is 9.93. The minimum atomic E-state index is -1.80. The Kier molecular flexibility index (Phi) is 13.1. The highest BCUT2D eigenvalue weighted by molar-refractivity contribution is 7.82. The van der Waals surface area contributed by atoms with Gasteiger partial charge in [-0.2, -0.15) is 25.3 Å². The molecule has 0 aliphatic carbocycles. The summed E-state index contributed by atoms with van der Waals surface area (Å²) >= 11 is 8.66. The lowest BCUT2D eigenvalue weighted by Gasteiger charge is -2.38. The van der Waals surface area contributed by atoms with E-state index in [1.54, 1.807) is 58.0 Å². The van der Waals surface area contributed by atoms with E-state index in [0.717, 1.165) is 0 Å². The van der Waals surface area contributed by atoms with E-state index in [9.17, 15) is 34.2 Å². The number of nitrogens with two attached hydrogens (primary N) is 2. The van der Waals surface area contributed by atoms with E-state index in [4.69, 9.17) is 11.5 Å². The number of carbonyl (C=O) groups excluding carboxylic acids is 4. The van der Waals surface area contributed by atoms with Gasteiger partial charge in [0.25, 0.3) is 17.7 Å². The molecule has 4 amide bonds. The minimum Gasteiger partial charge on any atom is -0.508 e. The van der Waals surface area contributed by atoms with Crippen LogP contribution < -0.4 is 16.8 Å². The fourth-order valence-electron chi connectivity index (χ4n) is 4.80. The zero-order chi connectivity index (χ0) is 35.1. The lowest BCUT2D eigenvalue weighted by molar-refractivity contribution is -0.161. The van der Waals surface area contributed by atoms with Crippen molar-refractivity contribution >= 4 is 61.1 Å². The summed E-state index contributed by atoms with van der Waals surface area (Å²) in [5, 5.41) is 22.7. The number of nitrogens with zero attached hydrogens (tertiary/aromatic N) is 2. The molecule has 46 heavy (non-hydrogen) atoms. The molecule has 7 N–H and O–H groups in total. The third-order valence-electron chi connectivity index (χ3n) is 7.29. The van der Waals surface area contributed by atoms with Crippen LogP contribution >= 0.6 is 25.3 Å². The molecule has 0 radical (unpaired) electrons. The van der Waals surface area contributed by atoms with Crippen LogP contribution in [0.4, 0.5) is 0 Å². The number of phenols is 1. The molecule has 0 aliphatic heterocycles. The number of thiol groups is 2. The van der Waals surface area contributed by atoms with Gasteiger partial charge >= 0.3 is 5.97 Å².